The van der Waals surface area contributed by atoms with E-state index in [1.54, 1.807) is 6.07 Å². The molecule has 4 N–H and O–H groups in total. The van der Waals surface area contributed by atoms with Crippen molar-refractivity contribution in [3.8, 4) is 22.9 Å². The maximum atomic E-state index is 11.4. The van der Waals surface area contributed by atoms with Crippen LogP contribution in [0, 0.1) is 11.3 Å². The minimum atomic E-state index is -1.23. The zero-order chi connectivity index (χ0) is 17.7. The summed E-state index contributed by atoms with van der Waals surface area (Å²) in [5, 5.41) is 28.7. The third-order valence-electron chi connectivity index (χ3n) is 5.05. The number of carbonyl (C=O) groups is 1. The summed E-state index contributed by atoms with van der Waals surface area (Å²) in [5.41, 5.74) is 8.98. The number of aromatic nitrogens is 1. The number of carboxylic acid groups (broad SMARTS) is 1. The molecule has 0 radical (unpaired) electrons. The molecule has 1 fully saturated rings. The fourth-order valence-corrected chi connectivity index (χ4v) is 3.85. The van der Waals surface area contributed by atoms with Gasteiger partial charge in [0.1, 0.15) is 28.8 Å². The smallest absolute Gasteiger partial charge is 0.339 e. The Labute approximate surface area is 143 Å². The van der Waals surface area contributed by atoms with E-state index in [4.69, 9.17) is 5.73 Å². The lowest BCUT2D eigenvalue weighted by Crippen LogP contribution is -2.40. The molecule has 4 heterocycles. The highest BCUT2D eigenvalue weighted by Gasteiger charge is 2.36. The van der Waals surface area contributed by atoms with Gasteiger partial charge < -0.3 is 20.8 Å². The van der Waals surface area contributed by atoms with Crippen molar-refractivity contribution in [3.05, 3.63) is 35.0 Å². The first-order chi connectivity index (χ1) is 12.0. The molecule has 0 amide bonds. The molecule has 5 rings (SSSR count). The van der Waals surface area contributed by atoms with E-state index in [2.05, 4.69) is 16.0 Å². The molecule has 7 nitrogen and oxygen atoms in total. The van der Waals surface area contributed by atoms with E-state index >= 15 is 0 Å². The van der Waals surface area contributed by atoms with Gasteiger partial charge in [-0.1, -0.05) is 6.07 Å². The highest BCUT2D eigenvalue weighted by atomic mass is 16.4. The summed E-state index contributed by atoms with van der Waals surface area (Å²) < 4.78 is 0. The Morgan fingerprint density at radius 3 is 2.72 bits per heavy atom. The molecule has 3 aliphatic heterocycles. The van der Waals surface area contributed by atoms with E-state index in [1.165, 1.54) is 12.1 Å². The second-order valence-corrected chi connectivity index (χ2v) is 6.39. The predicted octanol–water partition coefficient (Wildman–Crippen LogP) is 2.30. The van der Waals surface area contributed by atoms with Gasteiger partial charge in [-0.05, 0) is 30.5 Å². The number of phenols is 1. The van der Waals surface area contributed by atoms with Gasteiger partial charge >= 0.3 is 5.97 Å². The molecule has 0 aliphatic carbocycles. The van der Waals surface area contributed by atoms with Crippen molar-refractivity contribution in [3.63, 3.8) is 0 Å². The second-order valence-electron chi connectivity index (χ2n) is 6.39. The van der Waals surface area contributed by atoms with Crippen LogP contribution >= 0.6 is 0 Å². The monoisotopic (exact) mass is 336 g/mol. The predicted molar refractivity (Wildman–Crippen MR) is 91.6 cm³/mol. The van der Waals surface area contributed by atoms with Crippen LogP contribution in [0.5, 0.6) is 5.75 Å². The Bertz CT molecular complexity index is 940. The first kappa shape index (κ1) is 15.3. The Balaban J connectivity index is 2.04. The number of carboxylic acids is 1. The molecule has 2 aromatic rings. The number of nitrogens with zero attached hydrogens (tertiary/aromatic N) is 3. The van der Waals surface area contributed by atoms with Crippen LogP contribution in [-0.4, -0.2) is 34.3 Å². The Kier molecular flexibility index (Phi) is 3.29. The quantitative estimate of drug-likeness (QED) is 0.768. The van der Waals surface area contributed by atoms with Gasteiger partial charge in [-0.25, -0.2) is 9.78 Å². The number of aromatic hydroxyl groups is 1. The zero-order valence-corrected chi connectivity index (χ0v) is 13.4. The van der Waals surface area contributed by atoms with Gasteiger partial charge in [0.05, 0.1) is 11.4 Å². The van der Waals surface area contributed by atoms with Crippen molar-refractivity contribution in [1.82, 2.24) is 4.98 Å². The fraction of sp³-hybridized carbons (Fsp3) is 0.278. The van der Waals surface area contributed by atoms with Crippen LogP contribution in [0.15, 0.2) is 18.2 Å². The first-order valence-corrected chi connectivity index (χ1v) is 8.06. The Hall–Kier alpha value is -3.27. The first-order valence-electron chi connectivity index (χ1n) is 8.06. The molecule has 25 heavy (non-hydrogen) atoms. The van der Waals surface area contributed by atoms with Crippen LogP contribution in [0.25, 0.3) is 11.1 Å². The Morgan fingerprint density at radius 2 is 2.08 bits per heavy atom. The molecule has 1 aromatic carbocycles. The van der Waals surface area contributed by atoms with Crippen molar-refractivity contribution in [1.29, 1.82) is 5.26 Å². The molecule has 7 heteroatoms. The van der Waals surface area contributed by atoms with Gasteiger partial charge in [-0.2, -0.15) is 5.26 Å². The number of rotatable bonds is 2. The number of aromatic carboxylic acids is 1. The molecule has 0 unspecified atom stereocenters. The molecule has 1 saturated heterocycles. The van der Waals surface area contributed by atoms with Crippen molar-refractivity contribution in [2.75, 3.05) is 23.7 Å². The van der Waals surface area contributed by atoms with Gasteiger partial charge in [-0.3, -0.25) is 0 Å². The average Bonchev–Trinajstić information content (AvgIpc) is 2.61. The highest BCUT2D eigenvalue weighted by Crippen LogP contribution is 2.48. The lowest BCUT2D eigenvalue weighted by molar-refractivity contribution is 0.0694. The minimum Gasteiger partial charge on any atom is -0.507 e. The summed E-state index contributed by atoms with van der Waals surface area (Å²) >= 11 is 0. The van der Waals surface area contributed by atoms with Gasteiger partial charge in [0, 0.05) is 24.6 Å². The topological polar surface area (TPSA) is 123 Å². The van der Waals surface area contributed by atoms with Crippen molar-refractivity contribution in [2.24, 2.45) is 0 Å². The van der Waals surface area contributed by atoms with E-state index in [0.717, 1.165) is 37.3 Å². The van der Waals surface area contributed by atoms with Crippen LogP contribution in [-0.2, 0) is 0 Å². The maximum Gasteiger partial charge on any atom is 0.339 e. The van der Waals surface area contributed by atoms with Crippen molar-refractivity contribution in [2.45, 2.75) is 18.8 Å². The third kappa shape index (κ3) is 2.18. The number of hydrogen-bond acceptors (Lipinski definition) is 6. The maximum absolute atomic E-state index is 11.4. The summed E-state index contributed by atoms with van der Waals surface area (Å²) in [6, 6.07) is 6.44. The lowest BCUT2D eigenvalue weighted by atomic mass is 9.82. The SMILES string of the molecule is N#Cc1c(N)nc2c(c1-c1ccc(O)c(C(=O)O)c1)N1CCC2CC1. The Morgan fingerprint density at radius 1 is 1.36 bits per heavy atom. The fourth-order valence-electron chi connectivity index (χ4n) is 3.85. The summed E-state index contributed by atoms with van der Waals surface area (Å²) in [6.45, 7) is 1.76. The zero-order valence-electron chi connectivity index (χ0n) is 13.4. The largest absolute Gasteiger partial charge is 0.507 e. The van der Waals surface area contributed by atoms with Crippen LogP contribution in [0.3, 0.4) is 0 Å². The number of piperidine rings is 1. The van der Waals surface area contributed by atoms with Crippen molar-refractivity contribution >= 4 is 17.5 Å². The highest BCUT2D eigenvalue weighted by molar-refractivity contribution is 5.95. The number of hydrogen-bond donors (Lipinski definition) is 3. The molecule has 126 valence electrons. The van der Waals surface area contributed by atoms with E-state index in [0.29, 0.717) is 17.0 Å². The van der Waals surface area contributed by atoms with Gasteiger partial charge in [0.15, 0.2) is 0 Å². The van der Waals surface area contributed by atoms with Crippen LogP contribution in [0.1, 0.15) is 40.4 Å². The molecule has 2 bridgehead atoms. The summed E-state index contributed by atoms with van der Waals surface area (Å²) in [4.78, 5) is 18.0. The van der Waals surface area contributed by atoms with Gasteiger partial charge in [-0.15, -0.1) is 0 Å². The summed E-state index contributed by atoms with van der Waals surface area (Å²) in [5.74, 6) is -1.07. The van der Waals surface area contributed by atoms with Crippen LogP contribution in [0.2, 0.25) is 0 Å². The number of benzene rings is 1. The number of nitrogen functional groups attached to an aromatic ring is 1. The minimum absolute atomic E-state index is 0.162. The van der Waals surface area contributed by atoms with Gasteiger partial charge in [0.2, 0.25) is 0 Å². The summed E-state index contributed by atoms with van der Waals surface area (Å²) in [6.07, 6.45) is 2.00. The number of anilines is 2. The average molecular weight is 336 g/mol. The lowest BCUT2D eigenvalue weighted by Gasteiger charge is -2.42. The van der Waals surface area contributed by atoms with Crippen molar-refractivity contribution < 1.29 is 15.0 Å². The van der Waals surface area contributed by atoms with Crippen LogP contribution < -0.4 is 10.6 Å². The second kappa shape index (κ2) is 5.38. The number of pyridine rings is 1. The van der Waals surface area contributed by atoms with Gasteiger partial charge in [0.25, 0.3) is 0 Å². The number of nitriles is 1. The number of fused-ring (bicyclic) bond motifs is 2. The third-order valence-corrected chi connectivity index (χ3v) is 5.05. The molecule has 0 saturated carbocycles. The standard InChI is InChI=1S/C18H16N4O3/c19-8-12-14(10-1-2-13(23)11(7-10)18(24)25)16-15(21-17(12)20)9-3-5-22(16)6-4-9/h1-2,7,9,23H,3-6H2,(H2,20,21)(H,24,25). The van der Waals surface area contributed by atoms with E-state index in [-0.39, 0.29) is 22.7 Å². The molecule has 0 spiro atoms. The van der Waals surface area contributed by atoms with E-state index in [1.807, 2.05) is 0 Å². The molecule has 0 atom stereocenters. The molecule has 3 aliphatic rings. The number of nitrogens with two attached hydrogens (primary N) is 1. The van der Waals surface area contributed by atoms with E-state index < -0.39 is 5.97 Å². The van der Waals surface area contributed by atoms with Crippen LogP contribution in [0.4, 0.5) is 11.5 Å². The van der Waals surface area contributed by atoms with E-state index in [9.17, 15) is 20.3 Å². The molecular weight excluding hydrogens is 320 g/mol. The summed E-state index contributed by atoms with van der Waals surface area (Å²) in [7, 11) is 0. The molecular formula is C18H16N4O3. The normalized spacial score (nSPS) is 15.7. The molecule has 1 aromatic heterocycles.